The highest BCUT2D eigenvalue weighted by atomic mass is 35.5. The van der Waals surface area contributed by atoms with Crippen molar-refractivity contribution in [3.05, 3.63) is 40.9 Å². The summed E-state index contributed by atoms with van der Waals surface area (Å²) in [6, 6.07) is 5.33. The van der Waals surface area contributed by atoms with Gasteiger partial charge in [-0.25, -0.2) is 4.98 Å². The summed E-state index contributed by atoms with van der Waals surface area (Å²) in [5.74, 6) is 7.16. The van der Waals surface area contributed by atoms with Gasteiger partial charge >= 0.3 is 0 Å². The molecule has 0 saturated carbocycles. The Morgan fingerprint density at radius 1 is 1.53 bits per heavy atom. The number of hydrogen-bond acceptors (Lipinski definition) is 5. The van der Waals surface area contributed by atoms with Crippen LogP contribution in [0.2, 0.25) is 5.02 Å². The molecule has 2 aromatic rings. The molecule has 3 N–H and O–H groups in total. The molecule has 1 atom stereocenters. The number of hydrazine groups is 1. The fourth-order valence-electron chi connectivity index (χ4n) is 1.92. The fourth-order valence-corrected chi connectivity index (χ4v) is 2.08. The number of aryl methyl sites for hydroxylation is 1. The number of halogens is 1. The van der Waals surface area contributed by atoms with E-state index in [-0.39, 0.29) is 6.04 Å². The number of methoxy groups -OCH3 is 1. The van der Waals surface area contributed by atoms with Gasteiger partial charge in [-0.1, -0.05) is 17.7 Å². The highest BCUT2D eigenvalue weighted by Gasteiger charge is 2.18. The van der Waals surface area contributed by atoms with E-state index >= 15 is 0 Å². The third-order valence-electron chi connectivity index (χ3n) is 2.96. The summed E-state index contributed by atoms with van der Waals surface area (Å²) in [7, 11) is 3.44. The number of aromatic nitrogens is 3. The first-order valence-electron chi connectivity index (χ1n) is 5.78. The molecule has 0 bridgehead atoms. The van der Waals surface area contributed by atoms with Crippen molar-refractivity contribution in [2.75, 3.05) is 7.11 Å². The van der Waals surface area contributed by atoms with Crippen LogP contribution in [0.3, 0.4) is 0 Å². The number of rotatable bonds is 5. The molecule has 0 amide bonds. The molecule has 0 radical (unpaired) electrons. The van der Waals surface area contributed by atoms with Crippen LogP contribution in [0, 0.1) is 0 Å². The number of nitrogens with zero attached hydrogens (tertiary/aromatic N) is 3. The third-order valence-corrected chi connectivity index (χ3v) is 3.20. The van der Waals surface area contributed by atoms with Crippen LogP contribution in [0.1, 0.15) is 17.4 Å². The number of nitrogens with two attached hydrogens (primary N) is 1. The van der Waals surface area contributed by atoms with Crippen LogP contribution in [0.15, 0.2) is 24.5 Å². The molecule has 7 heteroatoms. The van der Waals surface area contributed by atoms with Crippen molar-refractivity contribution in [3.63, 3.8) is 0 Å². The van der Waals surface area contributed by atoms with Gasteiger partial charge in [-0.05, 0) is 12.1 Å². The van der Waals surface area contributed by atoms with Crippen molar-refractivity contribution in [1.29, 1.82) is 0 Å². The Morgan fingerprint density at radius 3 is 2.89 bits per heavy atom. The zero-order valence-electron chi connectivity index (χ0n) is 10.8. The van der Waals surface area contributed by atoms with Crippen LogP contribution < -0.4 is 16.0 Å². The maximum absolute atomic E-state index is 5.95. The number of nitrogens with one attached hydrogen (secondary N) is 1. The average Bonchev–Trinajstić information content (AvgIpc) is 2.81. The van der Waals surface area contributed by atoms with Gasteiger partial charge in [0, 0.05) is 24.1 Å². The highest BCUT2D eigenvalue weighted by molar-refractivity contribution is 6.30. The lowest BCUT2D eigenvalue weighted by atomic mass is 10.0. The van der Waals surface area contributed by atoms with E-state index in [2.05, 4.69) is 15.5 Å². The standard InChI is InChI=1S/C12H16ClN5O/c1-18-12(15-7-16-18)6-10(17-14)9-4-3-8(13)5-11(9)19-2/h3-5,7,10,17H,6,14H2,1-2H3. The molecule has 0 aliphatic heterocycles. The lowest BCUT2D eigenvalue weighted by molar-refractivity contribution is 0.397. The normalized spacial score (nSPS) is 12.4. The van der Waals surface area contributed by atoms with Gasteiger partial charge in [0.15, 0.2) is 0 Å². The van der Waals surface area contributed by atoms with Gasteiger partial charge in [0.1, 0.15) is 17.9 Å². The second-order valence-electron chi connectivity index (χ2n) is 4.11. The largest absolute Gasteiger partial charge is 0.496 e. The lowest BCUT2D eigenvalue weighted by Gasteiger charge is -2.18. The van der Waals surface area contributed by atoms with Crippen molar-refractivity contribution in [2.24, 2.45) is 12.9 Å². The van der Waals surface area contributed by atoms with Crippen LogP contribution in [0.5, 0.6) is 5.75 Å². The number of ether oxygens (including phenoxy) is 1. The minimum Gasteiger partial charge on any atom is -0.496 e. The average molecular weight is 282 g/mol. The summed E-state index contributed by atoms with van der Waals surface area (Å²) in [5.41, 5.74) is 3.70. The Morgan fingerprint density at radius 2 is 2.32 bits per heavy atom. The molecular formula is C12H16ClN5O. The molecule has 6 nitrogen and oxygen atoms in total. The van der Waals surface area contributed by atoms with Gasteiger partial charge in [-0.2, -0.15) is 5.10 Å². The predicted octanol–water partition coefficient (Wildman–Crippen LogP) is 1.22. The summed E-state index contributed by atoms with van der Waals surface area (Å²) >= 11 is 5.95. The van der Waals surface area contributed by atoms with Gasteiger partial charge < -0.3 is 4.74 Å². The second-order valence-corrected chi connectivity index (χ2v) is 4.55. The fraction of sp³-hybridized carbons (Fsp3) is 0.333. The lowest BCUT2D eigenvalue weighted by Crippen LogP contribution is -2.30. The summed E-state index contributed by atoms with van der Waals surface area (Å²) in [5, 5.41) is 4.66. The van der Waals surface area contributed by atoms with Gasteiger partial charge in [-0.3, -0.25) is 16.0 Å². The first-order valence-corrected chi connectivity index (χ1v) is 6.16. The number of hydrogen-bond donors (Lipinski definition) is 2. The van der Waals surface area contributed by atoms with E-state index in [1.807, 2.05) is 13.1 Å². The van der Waals surface area contributed by atoms with Crippen LogP contribution >= 0.6 is 11.6 Å². The molecule has 102 valence electrons. The van der Waals surface area contributed by atoms with E-state index in [1.54, 1.807) is 23.9 Å². The Bertz CT molecular complexity index is 557. The van der Waals surface area contributed by atoms with Crippen LogP contribution in [0.25, 0.3) is 0 Å². The van der Waals surface area contributed by atoms with Crippen LogP contribution in [-0.4, -0.2) is 21.9 Å². The molecule has 0 fully saturated rings. The monoisotopic (exact) mass is 281 g/mol. The molecule has 0 saturated heterocycles. The van der Waals surface area contributed by atoms with Crippen molar-refractivity contribution in [1.82, 2.24) is 20.2 Å². The SMILES string of the molecule is COc1cc(Cl)ccc1C(Cc1ncnn1C)NN. The molecule has 0 aliphatic rings. The van der Waals surface area contributed by atoms with E-state index < -0.39 is 0 Å². The molecule has 19 heavy (non-hydrogen) atoms. The summed E-state index contributed by atoms with van der Waals surface area (Å²) in [6.45, 7) is 0. The highest BCUT2D eigenvalue weighted by Crippen LogP contribution is 2.29. The van der Waals surface area contributed by atoms with Crippen LogP contribution in [-0.2, 0) is 13.5 Å². The second kappa shape index (κ2) is 6.01. The summed E-state index contributed by atoms with van der Waals surface area (Å²) in [6.07, 6.45) is 2.12. The molecule has 0 spiro atoms. The summed E-state index contributed by atoms with van der Waals surface area (Å²) in [4.78, 5) is 4.19. The maximum Gasteiger partial charge on any atom is 0.138 e. The minimum atomic E-state index is -0.130. The van der Waals surface area contributed by atoms with Gasteiger partial charge in [0.05, 0.1) is 13.2 Å². The molecule has 1 aromatic carbocycles. The van der Waals surface area contributed by atoms with Crippen molar-refractivity contribution < 1.29 is 4.74 Å². The zero-order chi connectivity index (χ0) is 13.8. The van der Waals surface area contributed by atoms with Gasteiger partial charge in [0.25, 0.3) is 0 Å². The number of benzene rings is 1. The Labute approximate surface area is 116 Å². The van der Waals surface area contributed by atoms with Gasteiger partial charge in [-0.15, -0.1) is 0 Å². The maximum atomic E-state index is 5.95. The van der Waals surface area contributed by atoms with Crippen molar-refractivity contribution in [3.8, 4) is 5.75 Å². The third kappa shape index (κ3) is 3.04. The topological polar surface area (TPSA) is 78.0 Å². The van der Waals surface area contributed by atoms with Crippen LogP contribution in [0.4, 0.5) is 0 Å². The van der Waals surface area contributed by atoms with Crippen molar-refractivity contribution >= 4 is 11.6 Å². The molecule has 0 aliphatic carbocycles. The van der Waals surface area contributed by atoms with E-state index in [9.17, 15) is 0 Å². The molecule has 2 rings (SSSR count). The first kappa shape index (κ1) is 13.8. The van der Waals surface area contributed by atoms with Crippen molar-refractivity contribution in [2.45, 2.75) is 12.5 Å². The Balaban J connectivity index is 2.29. The predicted molar refractivity (Wildman–Crippen MR) is 72.8 cm³/mol. The zero-order valence-corrected chi connectivity index (χ0v) is 11.6. The van der Waals surface area contributed by atoms with E-state index in [1.165, 1.54) is 6.33 Å². The smallest absolute Gasteiger partial charge is 0.138 e. The first-order chi connectivity index (χ1) is 9.15. The van der Waals surface area contributed by atoms with E-state index in [0.717, 1.165) is 11.4 Å². The van der Waals surface area contributed by atoms with E-state index in [4.69, 9.17) is 22.2 Å². The molecule has 1 heterocycles. The molecule has 1 aromatic heterocycles. The minimum absolute atomic E-state index is 0.130. The Hall–Kier alpha value is -1.63. The van der Waals surface area contributed by atoms with Gasteiger partial charge in [0.2, 0.25) is 0 Å². The van der Waals surface area contributed by atoms with E-state index in [0.29, 0.717) is 17.2 Å². The molecule has 1 unspecified atom stereocenters. The quantitative estimate of drug-likeness (QED) is 0.636. The summed E-state index contributed by atoms with van der Waals surface area (Å²) < 4.78 is 7.05. The molecular weight excluding hydrogens is 266 g/mol. The Kier molecular flexibility index (Phi) is 4.36.